The maximum absolute atomic E-state index is 9.30. The van der Waals surface area contributed by atoms with E-state index in [1.165, 1.54) is 0 Å². The van der Waals surface area contributed by atoms with E-state index in [1.807, 2.05) is 51.3 Å². The normalized spacial score (nSPS) is 8.42. The fraction of sp³-hybridized carbons (Fsp3) is 0. The zero-order valence-corrected chi connectivity index (χ0v) is 12.6. The van der Waals surface area contributed by atoms with Crippen LogP contribution in [0, 0.1) is 18.5 Å². The molecule has 0 saturated heterocycles. The molecular formula is C7H3I2NNaO+. The molecule has 0 aliphatic rings. The summed E-state index contributed by atoms with van der Waals surface area (Å²) < 4.78 is 1.43. The van der Waals surface area contributed by atoms with Crippen molar-refractivity contribution in [1.29, 1.82) is 5.26 Å². The molecule has 5 heteroatoms. The maximum Gasteiger partial charge on any atom is 1.00 e. The van der Waals surface area contributed by atoms with Gasteiger partial charge in [-0.15, -0.1) is 0 Å². The largest absolute Gasteiger partial charge is 1.00 e. The van der Waals surface area contributed by atoms with E-state index in [4.69, 9.17) is 5.26 Å². The van der Waals surface area contributed by atoms with Gasteiger partial charge in [-0.2, -0.15) is 5.26 Å². The van der Waals surface area contributed by atoms with E-state index in [0.717, 1.165) is 0 Å². The molecule has 56 valence electrons. The summed E-state index contributed by atoms with van der Waals surface area (Å²) in [6.07, 6.45) is 0. The summed E-state index contributed by atoms with van der Waals surface area (Å²) in [6, 6.07) is 5.32. The number of hydrogen-bond donors (Lipinski definition) is 1. The van der Waals surface area contributed by atoms with E-state index in [-0.39, 0.29) is 35.3 Å². The number of phenols is 1. The predicted molar refractivity (Wildman–Crippen MR) is 58.3 cm³/mol. The second-order valence-electron chi connectivity index (χ2n) is 1.90. The van der Waals surface area contributed by atoms with Gasteiger partial charge >= 0.3 is 29.6 Å². The molecule has 0 aliphatic carbocycles. The molecule has 1 aromatic carbocycles. The van der Waals surface area contributed by atoms with Crippen LogP contribution in [0.3, 0.4) is 0 Å². The average Bonchev–Trinajstić information content (AvgIpc) is 1.99. The number of nitriles is 1. The Morgan fingerprint density at radius 1 is 1.25 bits per heavy atom. The summed E-state index contributed by atoms with van der Waals surface area (Å²) in [5.41, 5.74) is 0.580. The molecule has 0 atom stereocenters. The first-order valence-corrected chi connectivity index (χ1v) is 4.89. The van der Waals surface area contributed by atoms with Gasteiger partial charge in [0.05, 0.1) is 18.8 Å². The van der Waals surface area contributed by atoms with Gasteiger partial charge in [0.2, 0.25) is 0 Å². The predicted octanol–water partition coefficient (Wildman–Crippen LogP) is -0.523. The molecule has 2 nitrogen and oxygen atoms in total. The molecule has 0 saturated carbocycles. The Bertz CT molecular complexity index is 312. The van der Waals surface area contributed by atoms with Crippen LogP contribution >= 0.6 is 45.2 Å². The molecule has 0 spiro atoms. The van der Waals surface area contributed by atoms with Gasteiger partial charge in [0.25, 0.3) is 0 Å². The molecule has 0 radical (unpaired) electrons. The summed E-state index contributed by atoms with van der Waals surface area (Å²) in [4.78, 5) is 0. The Balaban J connectivity index is 0.00000121. The van der Waals surface area contributed by atoms with Crippen molar-refractivity contribution < 1.29 is 34.7 Å². The topological polar surface area (TPSA) is 44.0 Å². The summed E-state index contributed by atoms with van der Waals surface area (Å²) >= 11 is 3.99. The maximum atomic E-state index is 9.30. The third-order valence-corrected chi connectivity index (χ3v) is 2.79. The molecule has 0 fully saturated rings. The van der Waals surface area contributed by atoms with Crippen molar-refractivity contribution in [2.24, 2.45) is 0 Å². The Morgan fingerprint density at radius 2 is 1.67 bits per heavy atom. The summed E-state index contributed by atoms with van der Waals surface area (Å²) in [5.74, 6) is 0.255. The zero-order valence-electron chi connectivity index (χ0n) is 6.31. The number of nitrogens with zero attached hydrogens (tertiary/aromatic N) is 1. The quantitative estimate of drug-likeness (QED) is 0.476. The first-order valence-electron chi connectivity index (χ1n) is 2.73. The zero-order chi connectivity index (χ0) is 8.43. The first kappa shape index (κ1) is 13.0. The number of benzene rings is 1. The van der Waals surface area contributed by atoms with E-state index in [1.54, 1.807) is 12.1 Å². The van der Waals surface area contributed by atoms with Crippen LogP contribution in [-0.2, 0) is 0 Å². The minimum Gasteiger partial charge on any atom is -0.506 e. The third kappa shape index (κ3) is 3.03. The van der Waals surface area contributed by atoms with Gasteiger partial charge in [0.1, 0.15) is 5.75 Å². The van der Waals surface area contributed by atoms with E-state index < -0.39 is 0 Å². The average molecular weight is 394 g/mol. The number of aromatic hydroxyl groups is 1. The Hall–Kier alpha value is 0.970. The molecule has 0 unspecified atom stereocenters. The van der Waals surface area contributed by atoms with Gasteiger partial charge in [-0.05, 0) is 57.3 Å². The van der Waals surface area contributed by atoms with Gasteiger partial charge < -0.3 is 5.11 Å². The van der Waals surface area contributed by atoms with Crippen molar-refractivity contribution in [3.63, 3.8) is 0 Å². The minimum absolute atomic E-state index is 0. The second-order valence-corrected chi connectivity index (χ2v) is 4.22. The minimum atomic E-state index is 0. The fourth-order valence-electron chi connectivity index (χ4n) is 0.630. The van der Waals surface area contributed by atoms with Crippen LogP contribution in [0.1, 0.15) is 5.56 Å². The molecule has 0 bridgehead atoms. The van der Waals surface area contributed by atoms with Crippen LogP contribution in [0.4, 0.5) is 0 Å². The van der Waals surface area contributed by atoms with E-state index >= 15 is 0 Å². The van der Waals surface area contributed by atoms with Gasteiger partial charge in [-0.3, -0.25) is 0 Å². The summed E-state index contributed by atoms with van der Waals surface area (Å²) in [7, 11) is 0. The molecule has 1 N–H and O–H groups in total. The molecule has 0 aliphatic heterocycles. The second kappa shape index (κ2) is 5.65. The SMILES string of the molecule is N#Cc1cc(I)c(O)c(I)c1.[Na+]. The van der Waals surface area contributed by atoms with Crippen LogP contribution < -0.4 is 29.6 Å². The van der Waals surface area contributed by atoms with E-state index in [2.05, 4.69) is 0 Å². The van der Waals surface area contributed by atoms with Crippen molar-refractivity contribution in [3.8, 4) is 11.8 Å². The Kier molecular flexibility index (Phi) is 6.10. The van der Waals surface area contributed by atoms with Crippen molar-refractivity contribution in [2.45, 2.75) is 0 Å². The molecule has 12 heavy (non-hydrogen) atoms. The molecule has 0 amide bonds. The molecular weight excluding hydrogens is 391 g/mol. The van der Waals surface area contributed by atoms with Crippen LogP contribution in [0.2, 0.25) is 0 Å². The van der Waals surface area contributed by atoms with Gasteiger partial charge in [-0.1, -0.05) is 0 Å². The number of halogens is 2. The number of hydrogen-bond acceptors (Lipinski definition) is 2. The Morgan fingerprint density at radius 3 is 2.00 bits per heavy atom. The molecule has 1 rings (SSSR count). The Labute approximate surface area is 120 Å². The summed E-state index contributed by atoms with van der Waals surface area (Å²) in [6.45, 7) is 0. The van der Waals surface area contributed by atoms with Crippen molar-refractivity contribution in [3.05, 3.63) is 24.8 Å². The first-order chi connectivity index (χ1) is 5.15. The van der Waals surface area contributed by atoms with Crippen molar-refractivity contribution in [2.75, 3.05) is 0 Å². The van der Waals surface area contributed by atoms with Crippen LogP contribution in [0.25, 0.3) is 0 Å². The van der Waals surface area contributed by atoms with Crippen LogP contribution in [-0.4, -0.2) is 5.11 Å². The monoisotopic (exact) mass is 394 g/mol. The number of phenolic OH excluding ortho intramolecular Hbond substituents is 1. The van der Waals surface area contributed by atoms with E-state index in [0.29, 0.717) is 12.7 Å². The van der Waals surface area contributed by atoms with Crippen molar-refractivity contribution >= 4 is 45.2 Å². The van der Waals surface area contributed by atoms with Gasteiger partial charge in [0.15, 0.2) is 0 Å². The van der Waals surface area contributed by atoms with Crippen LogP contribution in [0.5, 0.6) is 5.75 Å². The van der Waals surface area contributed by atoms with E-state index in [9.17, 15) is 5.11 Å². The van der Waals surface area contributed by atoms with Crippen LogP contribution in [0.15, 0.2) is 12.1 Å². The van der Waals surface area contributed by atoms with Gasteiger partial charge in [-0.25, -0.2) is 0 Å². The standard InChI is InChI=1S/C7H3I2NO.Na/c8-5-1-4(3-10)2-6(9)7(5)11;/h1-2,11H;/q;+1. The van der Waals surface area contributed by atoms with Crippen molar-refractivity contribution in [1.82, 2.24) is 0 Å². The molecule has 1 aromatic rings. The molecule has 0 heterocycles. The fourth-order valence-corrected chi connectivity index (χ4v) is 2.40. The summed E-state index contributed by atoms with van der Waals surface area (Å²) in [5, 5.41) is 17.8. The third-order valence-electron chi connectivity index (χ3n) is 1.15. The smallest absolute Gasteiger partial charge is 0.506 e. The number of rotatable bonds is 0. The molecule has 0 aromatic heterocycles. The van der Waals surface area contributed by atoms with Gasteiger partial charge in [0, 0.05) is 0 Å².